The van der Waals surface area contributed by atoms with E-state index in [1.807, 2.05) is 91.0 Å². The van der Waals surface area contributed by atoms with Crippen molar-refractivity contribution in [2.24, 2.45) is 0 Å². The van der Waals surface area contributed by atoms with Gasteiger partial charge in [-0.1, -0.05) is 109 Å². The number of carbonyl (C=O) groups excluding carboxylic acids is 1. The molecule has 7 nitrogen and oxygen atoms in total. The van der Waals surface area contributed by atoms with E-state index < -0.39 is 30.4 Å². The molecule has 0 spiro atoms. The van der Waals surface area contributed by atoms with Crippen LogP contribution in [0, 0.1) is 0 Å². The summed E-state index contributed by atoms with van der Waals surface area (Å²) < 4.78 is 0. The van der Waals surface area contributed by atoms with Crippen LogP contribution in [0.2, 0.25) is 0 Å². The number of aliphatic hydroxyl groups excluding tert-OH is 1. The Morgan fingerprint density at radius 2 is 1.31 bits per heavy atom. The minimum absolute atomic E-state index is 0.226. The SMILES string of the molecule is O=C1[C@H]([C@H](O)[C@H](Cc2ccccc2)N(C(=O)O)c2ccccc2)NC(c2ccccc2)N1Cc1ccccc1. The summed E-state index contributed by atoms with van der Waals surface area (Å²) in [7, 11) is 0. The molecule has 3 N–H and O–H groups in total. The monoisotopic (exact) mass is 521 g/mol. The lowest BCUT2D eigenvalue weighted by atomic mass is 9.94. The standard InChI is InChI=1S/C32H31N3O4/c36-29(27(21-23-13-5-1-6-14-23)35(32(38)39)26-19-11-4-12-20-26)28-31(37)34(22-24-15-7-2-8-16-24)30(33-28)25-17-9-3-10-18-25/h1-20,27-30,33,36H,21-22H2,(H,38,39)/t27-,28-,29+,30?/m0/s1. The maximum atomic E-state index is 14.0. The van der Waals surface area contributed by atoms with Crippen molar-refractivity contribution in [2.75, 3.05) is 4.90 Å². The second-order valence-electron chi connectivity index (χ2n) is 9.65. The molecule has 5 rings (SSSR count). The normalized spacial score (nSPS) is 18.5. The van der Waals surface area contributed by atoms with Gasteiger partial charge in [-0.05, 0) is 35.2 Å². The second kappa shape index (κ2) is 11.9. The molecule has 1 fully saturated rings. The van der Waals surface area contributed by atoms with Crippen molar-refractivity contribution in [1.82, 2.24) is 10.2 Å². The van der Waals surface area contributed by atoms with E-state index in [2.05, 4.69) is 5.32 Å². The zero-order chi connectivity index (χ0) is 27.2. The molecule has 0 aromatic heterocycles. The molecule has 0 bridgehead atoms. The fourth-order valence-electron chi connectivity index (χ4n) is 5.22. The third-order valence-corrected chi connectivity index (χ3v) is 7.10. The van der Waals surface area contributed by atoms with Crippen molar-refractivity contribution in [1.29, 1.82) is 0 Å². The maximum Gasteiger partial charge on any atom is 0.412 e. The number of hydrogen-bond acceptors (Lipinski definition) is 4. The summed E-state index contributed by atoms with van der Waals surface area (Å²) in [5.41, 5.74) is 3.13. The highest BCUT2D eigenvalue weighted by Crippen LogP contribution is 2.31. The van der Waals surface area contributed by atoms with Gasteiger partial charge >= 0.3 is 6.09 Å². The number of carboxylic acid groups (broad SMARTS) is 1. The first-order valence-electron chi connectivity index (χ1n) is 13.0. The van der Waals surface area contributed by atoms with Crippen molar-refractivity contribution in [3.63, 3.8) is 0 Å². The van der Waals surface area contributed by atoms with E-state index in [0.29, 0.717) is 12.2 Å². The molecular weight excluding hydrogens is 490 g/mol. The first kappa shape index (κ1) is 26.2. The van der Waals surface area contributed by atoms with Gasteiger partial charge in [0.1, 0.15) is 12.2 Å². The fraction of sp³-hybridized carbons (Fsp3) is 0.188. The Kier molecular flexibility index (Phi) is 8.01. The van der Waals surface area contributed by atoms with Crippen molar-refractivity contribution in [3.8, 4) is 0 Å². The molecule has 1 saturated heterocycles. The fourth-order valence-corrected chi connectivity index (χ4v) is 5.22. The minimum Gasteiger partial charge on any atom is -0.465 e. The molecule has 1 heterocycles. The highest BCUT2D eigenvalue weighted by atomic mass is 16.4. The average Bonchev–Trinajstić information content (AvgIpc) is 3.30. The van der Waals surface area contributed by atoms with Gasteiger partial charge in [0, 0.05) is 12.2 Å². The van der Waals surface area contributed by atoms with Crippen molar-refractivity contribution in [2.45, 2.75) is 37.3 Å². The molecular formula is C32H31N3O4. The Morgan fingerprint density at radius 3 is 1.87 bits per heavy atom. The molecule has 4 aromatic rings. The number of amides is 2. The van der Waals surface area contributed by atoms with Crippen LogP contribution in [0.3, 0.4) is 0 Å². The number of anilines is 1. The molecule has 0 aliphatic carbocycles. The summed E-state index contributed by atoms with van der Waals surface area (Å²) in [5, 5.41) is 25.5. The van der Waals surface area contributed by atoms with E-state index in [0.717, 1.165) is 16.7 Å². The Morgan fingerprint density at radius 1 is 0.795 bits per heavy atom. The lowest BCUT2D eigenvalue weighted by molar-refractivity contribution is -0.132. The van der Waals surface area contributed by atoms with Gasteiger partial charge in [0.25, 0.3) is 0 Å². The number of hydrogen-bond donors (Lipinski definition) is 3. The Bertz CT molecular complexity index is 1370. The van der Waals surface area contributed by atoms with E-state index in [9.17, 15) is 19.8 Å². The summed E-state index contributed by atoms with van der Waals surface area (Å²) in [6.07, 6.45) is -2.79. The molecule has 1 unspecified atom stereocenters. The van der Waals surface area contributed by atoms with E-state index in [1.165, 1.54) is 4.90 Å². The van der Waals surface area contributed by atoms with Gasteiger partial charge in [-0.2, -0.15) is 0 Å². The van der Waals surface area contributed by atoms with E-state index in [-0.39, 0.29) is 12.3 Å². The largest absolute Gasteiger partial charge is 0.465 e. The molecule has 1 aliphatic heterocycles. The van der Waals surface area contributed by atoms with Gasteiger partial charge in [-0.25, -0.2) is 4.79 Å². The summed E-state index contributed by atoms with van der Waals surface area (Å²) in [6.45, 7) is 0.347. The van der Waals surface area contributed by atoms with Crippen LogP contribution in [0.5, 0.6) is 0 Å². The van der Waals surface area contributed by atoms with Gasteiger partial charge in [0.05, 0.1) is 12.1 Å². The number of aliphatic hydroxyl groups is 1. The third-order valence-electron chi connectivity index (χ3n) is 7.10. The summed E-state index contributed by atoms with van der Waals surface area (Å²) in [5.74, 6) is -0.281. The zero-order valence-corrected chi connectivity index (χ0v) is 21.4. The predicted molar refractivity (Wildman–Crippen MR) is 150 cm³/mol. The summed E-state index contributed by atoms with van der Waals surface area (Å²) in [4.78, 5) is 29.5. The maximum absolute atomic E-state index is 14.0. The summed E-state index contributed by atoms with van der Waals surface area (Å²) in [6, 6.07) is 35.5. The molecule has 4 aromatic carbocycles. The average molecular weight is 522 g/mol. The summed E-state index contributed by atoms with van der Waals surface area (Å²) >= 11 is 0. The molecule has 1 aliphatic rings. The van der Waals surface area contributed by atoms with E-state index in [4.69, 9.17) is 0 Å². The number of rotatable bonds is 9. The number of nitrogens with one attached hydrogen (secondary N) is 1. The predicted octanol–water partition coefficient (Wildman–Crippen LogP) is 4.84. The van der Waals surface area contributed by atoms with Crippen LogP contribution in [0.1, 0.15) is 22.9 Å². The lowest BCUT2D eigenvalue weighted by Gasteiger charge is -2.35. The Hall–Kier alpha value is -4.46. The Labute approximate surface area is 227 Å². The van der Waals surface area contributed by atoms with E-state index in [1.54, 1.807) is 35.2 Å². The highest BCUT2D eigenvalue weighted by Gasteiger charge is 2.47. The molecule has 39 heavy (non-hydrogen) atoms. The molecule has 198 valence electrons. The molecule has 4 atom stereocenters. The third kappa shape index (κ3) is 5.85. The molecule has 7 heteroatoms. The first-order valence-corrected chi connectivity index (χ1v) is 13.0. The van der Waals surface area contributed by atoms with Gasteiger partial charge in [-0.15, -0.1) is 0 Å². The number of para-hydroxylation sites is 1. The van der Waals surface area contributed by atoms with Gasteiger partial charge < -0.3 is 15.1 Å². The number of nitrogens with zero attached hydrogens (tertiary/aromatic N) is 2. The minimum atomic E-state index is -1.33. The van der Waals surface area contributed by atoms with E-state index >= 15 is 0 Å². The van der Waals surface area contributed by atoms with Crippen LogP contribution in [0.25, 0.3) is 0 Å². The first-order chi connectivity index (χ1) is 19.0. The van der Waals surface area contributed by atoms with Gasteiger partial charge in [-0.3, -0.25) is 15.0 Å². The van der Waals surface area contributed by atoms with Crippen LogP contribution >= 0.6 is 0 Å². The van der Waals surface area contributed by atoms with Crippen LogP contribution in [0.15, 0.2) is 121 Å². The number of benzene rings is 4. The Balaban J connectivity index is 1.52. The highest BCUT2D eigenvalue weighted by molar-refractivity contribution is 5.89. The molecule has 0 radical (unpaired) electrons. The molecule has 0 saturated carbocycles. The van der Waals surface area contributed by atoms with Crippen LogP contribution < -0.4 is 10.2 Å². The smallest absolute Gasteiger partial charge is 0.412 e. The lowest BCUT2D eigenvalue weighted by Crippen LogP contribution is -2.56. The number of carbonyl (C=O) groups is 2. The molecule has 2 amide bonds. The van der Waals surface area contributed by atoms with Crippen molar-refractivity contribution in [3.05, 3.63) is 138 Å². The zero-order valence-electron chi connectivity index (χ0n) is 21.4. The van der Waals surface area contributed by atoms with Crippen molar-refractivity contribution < 1.29 is 19.8 Å². The topological polar surface area (TPSA) is 93.1 Å². The second-order valence-corrected chi connectivity index (χ2v) is 9.65. The van der Waals surface area contributed by atoms with Crippen LogP contribution in [-0.2, 0) is 17.8 Å². The van der Waals surface area contributed by atoms with Crippen LogP contribution in [0.4, 0.5) is 10.5 Å². The van der Waals surface area contributed by atoms with Crippen LogP contribution in [-0.4, -0.2) is 45.3 Å². The quantitative estimate of drug-likeness (QED) is 0.293. The van der Waals surface area contributed by atoms with Gasteiger partial charge in [0.2, 0.25) is 5.91 Å². The van der Waals surface area contributed by atoms with Crippen molar-refractivity contribution >= 4 is 17.7 Å². The van der Waals surface area contributed by atoms with Gasteiger partial charge in [0.15, 0.2) is 0 Å².